The van der Waals surface area contributed by atoms with E-state index in [0.717, 1.165) is 0 Å². The zero-order chi connectivity index (χ0) is 24.6. The highest BCUT2D eigenvalue weighted by atomic mass is 35.5. The monoisotopic (exact) mass is 476 g/mol. The number of halogens is 1. The van der Waals surface area contributed by atoms with Crippen molar-refractivity contribution < 1.29 is 34.2 Å². The van der Waals surface area contributed by atoms with Gasteiger partial charge < -0.3 is 15.9 Å². The molecule has 6 atom stereocenters. The molecule has 1 aromatic rings. The summed E-state index contributed by atoms with van der Waals surface area (Å²) >= 11 is 6.41. The summed E-state index contributed by atoms with van der Waals surface area (Å²) in [7, 11) is 3.08. The van der Waals surface area contributed by atoms with Crippen LogP contribution in [-0.4, -0.2) is 69.9 Å². The van der Waals surface area contributed by atoms with Crippen LogP contribution < -0.4 is 5.73 Å². The molecule has 0 bridgehead atoms. The Bertz CT molecular complexity index is 1130. The number of phenolic OH excluding ortho intramolecular Hbond substituents is 1. The van der Waals surface area contributed by atoms with Gasteiger partial charge in [0, 0.05) is 10.9 Å². The van der Waals surface area contributed by atoms with Crippen LogP contribution in [0.15, 0.2) is 6.07 Å². The number of ketones is 4. The second kappa shape index (κ2) is 7.72. The fraction of sp³-hybridized carbons (Fsp3) is 0.522. The van der Waals surface area contributed by atoms with E-state index in [4.69, 9.17) is 17.3 Å². The van der Waals surface area contributed by atoms with Crippen molar-refractivity contribution in [3.8, 4) is 5.75 Å². The van der Waals surface area contributed by atoms with Crippen LogP contribution in [0.4, 0.5) is 0 Å². The Kier molecular flexibility index (Phi) is 5.50. The average molecular weight is 477 g/mol. The predicted molar refractivity (Wildman–Crippen MR) is 116 cm³/mol. The zero-order valence-corrected chi connectivity index (χ0v) is 19.2. The molecule has 3 aliphatic rings. The number of Topliss-reactive ketones (excluding diaryl/α,β-unsaturated/α-hetero) is 4. The quantitative estimate of drug-likeness (QED) is 0.518. The second-order valence-electron chi connectivity index (χ2n) is 9.36. The second-order valence-corrected chi connectivity index (χ2v) is 9.77. The summed E-state index contributed by atoms with van der Waals surface area (Å²) in [6, 6.07) is 0.455. The Hall–Kier alpha value is -2.62. The van der Waals surface area contributed by atoms with Crippen molar-refractivity contribution in [3.05, 3.63) is 27.8 Å². The largest absolute Gasteiger partial charge is 0.507 e. The van der Waals surface area contributed by atoms with Crippen molar-refractivity contribution in [1.29, 1.82) is 0 Å². The van der Waals surface area contributed by atoms with E-state index in [1.165, 1.54) is 19.0 Å². The van der Waals surface area contributed by atoms with Gasteiger partial charge >= 0.3 is 0 Å². The molecule has 0 saturated heterocycles. The maximum Gasteiger partial charge on any atom is 0.235 e. The third-order valence-corrected chi connectivity index (χ3v) is 7.80. The molecule has 4 rings (SSSR count). The molecule has 0 radical (unpaired) electrons. The minimum absolute atomic E-state index is 0.00346. The Morgan fingerprint density at radius 2 is 1.88 bits per heavy atom. The van der Waals surface area contributed by atoms with Gasteiger partial charge in [-0.1, -0.05) is 18.5 Å². The molecule has 4 N–H and O–H groups in total. The number of rotatable bonds is 3. The SMILES string of the molecule is CCc1cc(Cl)c2c(c1O)C(=O)C1C(=O)[C@]3(O)C(=O)C(C(N)=O)C(=O)[C@@H](N(C)C)[C@@H]3C[C@@H]1C2. The van der Waals surface area contributed by atoms with Crippen molar-refractivity contribution in [2.24, 2.45) is 29.4 Å². The number of aliphatic hydroxyl groups is 1. The van der Waals surface area contributed by atoms with Gasteiger partial charge in [0.1, 0.15) is 5.75 Å². The average Bonchev–Trinajstić information content (AvgIpc) is 2.72. The number of aryl methyl sites for hydroxylation is 1. The van der Waals surface area contributed by atoms with Crippen LogP contribution in [0.1, 0.15) is 34.8 Å². The fourth-order valence-electron chi connectivity index (χ4n) is 5.95. The van der Waals surface area contributed by atoms with Gasteiger partial charge in [0.25, 0.3) is 0 Å². The third kappa shape index (κ3) is 3.02. The third-order valence-electron chi connectivity index (χ3n) is 7.47. The first-order valence-electron chi connectivity index (χ1n) is 10.8. The first kappa shape index (κ1) is 23.5. The lowest BCUT2D eigenvalue weighted by atomic mass is 9.52. The Balaban J connectivity index is 1.89. The predicted octanol–water partition coefficient (Wildman–Crippen LogP) is 0.0828. The highest BCUT2D eigenvalue weighted by molar-refractivity contribution is 6.34. The number of nitrogens with zero attached hydrogens (tertiary/aromatic N) is 1. The van der Waals surface area contributed by atoms with Crippen molar-refractivity contribution in [2.45, 2.75) is 37.8 Å². The number of hydrogen-bond donors (Lipinski definition) is 3. The van der Waals surface area contributed by atoms with Crippen LogP contribution in [0.3, 0.4) is 0 Å². The van der Waals surface area contributed by atoms with Gasteiger partial charge in [0.2, 0.25) is 5.91 Å². The summed E-state index contributed by atoms with van der Waals surface area (Å²) in [6.45, 7) is 1.77. The number of benzene rings is 1. The molecular weight excluding hydrogens is 452 g/mol. The van der Waals surface area contributed by atoms with E-state index >= 15 is 0 Å². The van der Waals surface area contributed by atoms with Crippen LogP contribution >= 0.6 is 11.6 Å². The lowest BCUT2D eigenvalue weighted by molar-refractivity contribution is -0.181. The van der Waals surface area contributed by atoms with E-state index in [1.807, 2.05) is 0 Å². The van der Waals surface area contributed by atoms with E-state index in [1.54, 1.807) is 13.0 Å². The lowest BCUT2D eigenvalue weighted by Gasteiger charge is -2.52. The van der Waals surface area contributed by atoms with Crippen LogP contribution in [0.2, 0.25) is 5.02 Å². The number of likely N-dealkylation sites (N-methyl/N-ethyl adjacent to an activating group) is 1. The molecular formula is C23H25ClN2O7. The molecule has 10 heteroatoms. The molecule has 1 aromatic carbocycles. The number of phenols is 1. The molecule has 0 heterocycles. The van der Waals surface area contributed by atoms with Crippen molar-refractivity contribution in [1.82, 2.24) is 4.90 Å². The molecule has 33 heavy (non-hydrogen) atoms. The smallest absolute Gasteiger partial charge is 0.235 e. The molecule has 2 unspecified atom stereocenters. The Morgan fingerprint density at radius 3 is 2.42 bits per heavy atom. The Labute approximate surface area is 194 Å². The van der Waals surface area contributed by atoms with E-state index < -0.39 is 64.4 Å². The number of fused-ring (bicyclic) bond motifs is 3. The van der Waals surface area contributed by atoms with Gasteiger partial charge in [-0.15, -0.1) is 0 Å². The highest BCUT2D eigenvalue weighted by Gasteiger charge is 2.69. The zero-order valence-electron chi connectivity index (χ0n) is 18.4. The first-order chi connectivity index (χ1) is 15.4. The minimum atomic E-state index is -2.72. The minimum Gasteiger partial charge on any atom is -0.507 e. The molecule has 9 nitrogen and oxygen atoms in total. The topological polar surface area (TPSA) is 155 Å². The molecule has 3 aliphatic carbocycles. The molecule has 176 valence electrons. The van der Waals surface area contributed by atoms with Crippen LogP contribution in [0.5, 0.6) is 5.75 Å². The summed E-state index contributed by atoms with van der Waals surface area (Å²) in [5, 5.41) is 22.5. The fourth-order valence-corrected chi connectivity index (χ4v) is 6.25. The number of hydrogen-bond acceptors (Lipinski definition) is 8. The number of carbonyl (C=O) groups excluding carboxylic acids is 5. The van der Waals surface area contributed by atoms with E-state index in [2.05, 4.69) is 0 Å². The van der Waals surface area contributed by atoms with Crippen molar-refractivity contribution in [2.75, 3.05) is 14.1 Å². The van der Waals surface area contributed by atoms with E-state index in [0.29, 0.717) is 17.5 Å². The van der Waals surface area contributed by atoms with Gasteiger partial charge in [-0.05, 0) is 56.5 Å². The number of carbonyl (C=O) groups is 5. The van der Waals surface area contributed by atoms with Crippen molar-refractivity contribution in [3.63, 3.8) is 0 Å². The molecule has 0 spiro atoms. The summed E-state index contributed by atoms with van der Waals surface area (Å²) in [5.41, 5.74) is 3.33. The standard InChI is InChI=1S/C23H25ClN2O7/c1-4-8-7-12(24)10-5-9-6-11-16(26(2)3)19(29)15(22(25)32)21(31)23(11,33)20(30)13(9)18(28)14(10)17(8)27/h7,9,11,13,15-16,27,33H,4-6H2,1-3H3,(H2,25,32)/t9-,11-,13?,15?,16-,23-/m0/s1. The maximum absolute atomic E-state index is 13.7. The van der Waals surface area contributed by atoms with E-state index in [-0.39, 0.29) is 29.2 Å². The highest BCUT2D eigenvalue weighted by Crippen LogP contribution is 2.51. The maximum atomic E-state index is 13.7. The molecule has 0 aromatic heterocycles. The lowest BCUT2D eigenvalue weighted by Crippen LogP contribution is -2.74. The van der Waals surface area contributed by atoms with Crippen LogP contribution in [0.25, 0.3) is 0 Å². The van der Waals surface area contributed by atoms with E-state index in [9.17, 15) is 34.2 Å². The summed E-state index contributed by atoms with van der Waals surface area (Å²) in [4.78, 5) is 66.7. The number of nitrogens with two attached hydrogens (primary N) is 1. The molecule has 2 saturated carbocycles. The van der Waals surface area contributed by atoms with Crippen LogP contribution in [-0.2, 0) is 32.0 Å². The summed E-state index contributed by atoms with van der Waals surface area (Å²) < 4.78 is 0. The molecule has 1 amide bonds. The first-order valence-corrected chi connectivity index (χ1v) is 11.1. The van der Waals surface area contributed by atoms with Gasteiger partial charge in [-0.3, -0.25) is 28.9 Å². The Morgan fingerprint density at radius 1 is 1.24 bits per heavy atom. The number of amides is 1. The van der Waals surface area contributed by atoms with Crippen molar-refractivity contribution >= 4 is 40.6 Å². The number of primary amides is 1. The normalized spacial score (nSPS) is 33.6. The van der Waals surface area contributed by atoms with Gasteiger partial charge in [-0.2, -0.15) is 0 Å². The summed E-state index contributed by atoms with van der Waals surface area (Å²) in [6.07, 6.45) is 0.546. The van der Waals surface area contributed by atoms with Gasteiger partial charge in [-0.25, -0.2) is 0 Å². The summed E-state index contributed by atoms with van der Waals surface area (Å²) in [5.74, 6) is -10.6. The number of aromatic hydroxyl groups is 1. The molecule has 2 fully saturated rings. The molecule has 0 aliphatic heterocycles. The van der Waals surface area contributed by atoms with Crippen LogP contribution in [0, 0.1) is 23.7 Å². The van der Waals surface area contributed by atoms with Gasteiger partial charge in [0.15, 0.2) is 34.7 Å². The van der Waals surface area contributed by atoms with Gasteiger partial charge in [0.05, 0.1) is 17.5 Å².